The molecule has 110 valence electrons. The first kappa shape index (κ1) is 14.7. The summed E-state index contributed by atoms with van der Waals surface area (Å²) >= 11 is 7.12. The van der Waals surface area contributed by atoms with Crippen molar-refractivity contribution in [3.8, 4) is 5.69 Å². The number of nitrogens with zero attached hydrogens (tertiary/aromatic N) is 4. The van der Waals surface area contributed by atoms with Crippen LogP contribution in [-0.4, -0.2) is 31.7 Å². The maximum atomic E-state index is 12.2. The van der Waals surface area contributed by atoms with Crippen LogP contribution in [-0.2, 0) is 0 Å². The zero-order valence-corrected chi connectivity index (χ0v) is 13.0. The van der Waals surface area contributed by atoms with Crippen LogP contribution in [0.5, 0.6) is 0 Å². The smallest absolute Gasteiger partial charge is 0.214 e. The average Bonchev–Trinajstić information content (AvgIpc) is 3.02. The number of ketones is 1. The Kier molecular flexibility index (Phi) is 4.50. The van der Waals surface area contributed by atoms with Crippen LogP contribution in [0.25, 0.3) is 5.69 Å². The number of halogens is 1. The van der Waals surface area contributed by atoms with E-state index < -0.39 is 0 Å². The summed E-state index contributed by atoms with van der Waals surface area (Å²) in [7, 11) is 0. The quantitative estimate of drug-likeness (QED) is 0.530. The molecular formula is C15H11ClN4OS. The van der Waals surface area contributed by atoms with Crippen molar-refractivity contribution in [1.82, 2.24) is 20.2 Å². The molecule has 0 amide bonds. The van der Waals surface area contributed by atoms with Gasteiger partial charge in [0.2, 0.25) is 5.16 Å². The van der Waals surface area contributed by atoms with Gasteiger partial charge in [-0.05, 0) is 46.8 Å². The molecule has 0 saturated heterocycles. The number of para-hydroxylation sites is 1. The first-order chi connectivity index (χ1) is 10.7. The van der Waals surface area contributed by atoms with Gasteiger partial charge in [-0.25, -0.2) is 0 Å². The highest BCUT2D eigenvalue weighted by atomic mass is 35.5. The number of hydrogen-bond donors (Lipinski definition) is 0. The van der Waals surface area contributed by atoms with Crippen molar-refractivity contribution in [2.75, 3.05) is 5.75 Å². The lowest BCUT2D eigenvalue weighted by molar-refractivity contribution is 0.102. The van der Waals surface area contributed by atoms with E-state index >= 15 is 0 Å². The maximum Gasteiger partial charge on any atom is 0.214 e. The van der Waals surface area contributed by atoms with Gasteiger partial charge in [0.15, 0.2) is 5.78 Å². The highest BCUT2D eigenvalue weighted by molar-refractivity contribution is 7.99. The number of hydrogen-bond acceptors (Lipinski definition) is 5. The summed E-state index contributed by atoms with van der Waals surface area (Å²) in [5.74, 6) is 0.263. The van der Waals surface area contributed by atoms with E-state index in [4.69, 9.17) is 11.6 Å². The first-order valence-electron chi connectivity index (χ1n) is 6.49. The highest BCUT2D eigenvalue weighted by Gasteiger charge is 2.12. The molecule has 0 atom stereocenters. The molecule has 0 spiro atoms. The Morgan fingerprint density at radius 1 is 1.09 bits per heavy atom. The lowest BCUT2D eigenvalue weighted by Gasteiger charge is -2.04. The number of carbonyl (C=O) groups is 1. The van der Waals surface area contributed by atoms with Gasteiger partial charge in [0.25, 0.3) is 0 Å². The van der Waals surface area contributed by atoms with Gasteiger partial charge in [0, 0.05) is 10.6 Å². The molecule has 5 nitrogen and oxygen atoms in total. The molecule has 3 rings (SSSR count). The zero-order valence-electron chi connectivity index (χ0n) is 11.4. The molecule has 1 aromatic heterocycles. The minimum absolute atomic E-state index is 0.00396. The summed E-state index contributed by atoms with van der Waals surface area (Å²) in [6.45, 7) is 0. The van der Waals surface area contributed by atoms with Crippen molar-refractivity contribution in [1.29, 1.82) is 0 Å². The first-order valence-corrected chi connectivity index (χ1v) is 7.86. The molecule has 0 N–H and O–H groups in total. The van der Waals surface area contributed by atoms with E-state index in [1.807, 2.05) is 30.3 Å². The molecule has 2 aromatic carbocycles. The fraction of sp³-hybridized carbons (Fsp3) is 0.0667. The summed E-state index contributed by atoms with van der Waals surface area (Å²) in [5.41, 5.74) is 1.48. The number of Topliss-reactive ketones (excluding diaryl/α,β-unsaturated/α-hetero) is 1. The summed E-state index contributed by atoms with van der Waals surface area (Å²) in [4.78, 5) is 12.2. The Morgan fingerprint density at radius 3 is 2.55 bits per heavy atom. The standard InChI is InChI=1S/C15H11ClN4OS/c16-12-8-6-11(7-9-12)14(21)10-22-15-17-18-19-20(15)13-4-2-1-3-5-13/h1-9H,10H2. The minimum Gasteiger partial charge on any atom is -0.293 e. The highest BCUT2D eigenvalue weighted by Crippen LogP contribution is 2.19. The van der Waals surface area contributed by atoms with E-state index in [0.29, 0.717) is 15.7 Å². The molecule has 0 radical (unpaired) electrons. The van der Waals surface area contributed by atoms with Crippen molar-refractivity contribution < 1.29 is 4.79 Å². The molecule has 1 heterocycles. The van der Waals surface area contributed by atoms with Crippen LogP contribution in [0.2, 0.25) is 5.02 Å². The Morgan fingerprint density at radius 2 is 1.82 bits per heavy atom. The third-order valence-corrected chi connectivity index (χ3v) is 4.11. The fourth-order valence-corrected chi connectivity index (χ4v) is 2.76. The van der Waals surface area contributed by atoms with E-state index in [9.17, 15) is 4.79 Å². The number of rotatable bonds is 5. The number of tetrazole rings is 1. The fourth-order valence-electron chi connectivity index (χ4n) is 1.85. The van der Waals surface area contributed by atoms with Gasteiger partial charge in [-0.15, -0.1) is 5.10 Å². The van der Waals surface area contributed by atoms with Gasteiger partial charge in [-0.2, -0.15) is 4.68 Å². The lowest BCUT2D eigenvalue weighted by atomic mass is 10.1. The SMILES string of the molecule is O=C(CSc1nnnn1-c1ccccc1)c1ccc(Cl)cc1. The second kappa shape index (κ2) is 6.72. The molecule has 0 bridgehead atoms. The molecule has 0 fully saturated rings. The van der Waals surface area contributed by atoms with Crippen molar-refractivity contribution in [2.45, 2.75) is 5.16 Å². The Labute approximate surface area is 136 Å². The minimum atomic E-state index is 0.00396. The molecule has 7 heteroatoms. The van der Waals surface area contributed by atoms with Gasteiger partial charge >= 0.3 is 0 Å². The molecule has 22 heavy (non-hydrogen) atoms. The average molecular weight is 331 g/mol. The normalized spacial score (nSPS) is 10.6. The summed E-state index contributed by atoms with van der Waals surface area (Å²) in [6.07, 6.45) is 0. The molecular weight excluding hydrogens is 320 g/mol. The zero-order chi connectivity index (χ0) is 15.4. The Balaban J connectivity index is 1.71. The van der Waals surface area contributed by atoms with Crippen molar-refractivity contribution in [2.24, 2.45) is 0 Å². The number of aromatic nitrogens is 4. The van der Waals surface area contributed by atoms with Crippen LogP contribution < -0.4 is 0 Å². The van der Waals surface area contributed by atoms with Crippen molar-refractivity contribution in [3.05, 3.63) is 65.2 Å². The van der Waals surface area contributed by atoms with Gasteiger partial charge in [-0.3, -0.25) is 4.79 Å². The van der Waals surface area contributed by atoms with Crippen LogP contribution in [0.15, 0.2) is 59.8 Å². The van der Waals surface area contributed by atoms with Crippen molar-refractivity contribution in [3.63, 3.8) is 0 Å². The summed E-state index contributed by atoms with van der Waals surface area (Å²) in [6, 6.07) is 16.4. The van der Waals surface area contributed by atoms with Crippen LogP contribution in [0.3, 0.4) is 0 Å². The summed E-state index contributed by atoms with van der Waals surface area (Å²) < 4.78 is 1.61. The third-order valence-electron chi connectivity index (χ3n) is 2.94. The van der Waals surface area contributed by atoms with E-state index in [1.165, 1.54) is 11.8 Å². The van der Waals surface area contributed by atoms with Gasteiger partial charge in [0.05, 0.1) is 11.4 Å². The third kappa shape index (κ3) is 3.35. The maximum absolute atomic E-state index is 12.2. The molecule has 0 aliphatic rings. The predicted octanol–water partition coefficient (Wildman–Crippen LogP) is 3.29. The van der Waals surface area contributed by atoms with Crippen LogP contribution in [0.4, 0.5) is 0 Å². The van der Waals surface area contributed by atoms with E-state index in [1.54, 1.807) is 28.9 Å². The molecule has 0 saturated carbocycles. The van der Waals surface area contributed by atoms with E-state index in [0.717, 1.165) is 5.69 Å². The largest absolute Gasteiger partial charge is 0.293 e. The molecule has 0 aliphatic heterocycles. The monoisotopic (exact) mass is 330 g/mol. The Hall–Kier alpha value is -2.18. The van der Waals surface area contributed by atoms with Crippen LogP contribution in [0.1, 0.15) is 10.4 Å². The topological polar surface area (TPSA) is 60.7 Å². The van der Waals surface area contributed by atoms with E-state index in [-0.39, 0.29) is 11.5 Å². The second-order valence-electron chi connectivity index (χ2n) is 4.43. The summed E-state index contributed by atoms with van der Waals surface area (Å²) in [5, 5.41) is 12.8. The van der Waals surface area contributed by atoms with Gasteiger partial charge < -0.3 is 0 Å². The van der Waals surface area contributed by atoms with Crippen molar-refractivity contribution >= 4 is 29.1 Å². The number of thioether (sulfide) groups is 1. The van der Waals surface area contributed by atoms with E-state index in [2.05, 4.69) is 15.5 Å². The van der Waals surface area contributed by atoms with Gasteiger partial charge in [0.1, 0.15) is 0 Å². The molecule has 3 aromatic rings. The molecule has 0 unspecified atom stereocenters. The lowest BCUT2D eigenvalue weighted by Crippen LogP contribution is -2.04. The predicted molar refractivity (Wildman–Crippen MR) is 85.7 cm³/mol. The van der Waals surface area contributed by atoms with Gasteiger partial charge in [-0.1, -0.05) is 41.6 Å². The number of benzene rings is 2. The van der Waals surface area contributed by atoms with Crippen LogP contribution in [0, 0.1) is 0 Å². The second-order valence-corrected chi connectivity index (χ2v) is 5.81. The Bertz CT molecular complexity index is 774. The number of carbonyl (C=O) groups excluding carboxylic acids is 1. The molecule has 0 aliphatic carbocycles. The van der Waals surface area contributed by atoms with Crippen LogP contribution >= 0.6 is 23.4 Å².